The van der Waals surface area contributed by atoms with Gasteiger partial charge < -0.3 is 9.15 Å². The first-order valence-corrected chi connectivity index (χ1v) is 9.03. The first-order valence-electron chi connectivity index (χ1n) is 6.95. The zero-order valence-corrected chi connectivity index (χ0v) is 15.5. The summed E-state index contributed by atoms with van der Waals surface area (Å²) in [4.78, 5) is 14.2. The fourth-order valence-corrected chi connectivity index (χ4v) is 4.50. The summed E-state index contributed by atoms with van der Waals surface area (Å²) in [6, 6.07) is 9.48. The van der Waals surface area contributed by atoms with Crippen LogP contribution in [0.2, 0.25) is 0 Å². The third-order valence-corrected chi connectivity index (χ3v) is 5.74. The Balaban J connectivity index is 1.71. The normalized spacial score (nSPS) is 17.8. The van der Waals surface area contributed by atoms with Gasteiger partial charge in [0.1, 0.15) is 15.8 Å². The Labute approximate surface area is 152 Å². The van der Waals surface area contributed by atoms with E-state index in [1.165, 1.54) is 11.8 Å². The molecule has 1 aliphatic rings. The largest absolute Gasteiger partial charge is 0.496 e. The van der Waals surface area contributed by atoms with Gasteiger partial charge in [-0.3, -0.25) is 9.69 Å². The highest BCUT2D eigenvalue weighted by Crippen LogP contribution is 2.33. The molecule has 1 aliphatic heterocycles. The number of hydrogen-bond acceptors (Lipinski definition) is 5. The quantitative estimate of drug-likeness (QED) is 0.694. The summed E-state index contributed by atoms with van der Waals surface area (Å²) in [6.07, 6.45) is 2.22. The van der Waals surface area contributed by atoms with Crippen LogP contribution in [0.1, 0.15) is 11.3 Å². The molecule has 120 valence electrons. The van der Waals surface area contributed by atoms with Crippen LogP contribution in [-0.2, 0) is 17.8 Å². The maximum atomic E-state index is 12.6. The van der Waals surface area contributed by atoms with Crippen LogP contribution in [0.25, 0.3) is 0 Å². The second kappa shape index (κ2) is 7.07. The lowest BCUT2D eigenvalue weighted by Gasteiger charge is -2.14. The number of halogens is 1. The monoisotopic (exact) mass is 411 g/mol. The molecule has 0 aliphatic carbocycles. The van der Waals surface area contributed by atoms with E-state index in [0.717, 1.165) is 21.5 Å². The number of furan rings is 1. The van der Waals surface area contributed by atoms with Crippen LogP contribution < -0.4 is 4.74 Å². The van der Waals surface area contributed by atoms with E-state index >= 15 is 0 Å². The van der Waals surface area contributed by atoms with Crippen molar-refractivity contribution in [3.05, 3.63) is 52.4 Å². The Morgan fingerprint density at radius 2 is 2.26 bits per heavy atom. The number of benzene rings is 1. The highest BCUT2D eigenvalue weighted by Gasteiger charge is 2.37. The fourth-order valence-electron chi connectivity index (χ4n) is 2.38. The Morgan fingerprint density at radius 1 is 1.43 bits per heavy atom. The summed E-state index contributed by atoms with van der Waals surface area (Å²) < 4.78 is 12.0. The predicted molar refractivity (Wildman–Crippen MR) is 97.6 cm³/mol. The van der Waals surface area contributed by atoms with Crippen LogP contribution in [0.15, 0.2) is 45.5 Å². The number of thiocarbonyl (C=S) groups is 1. The average molecular weight is 412 g/mol. The molecule has 3 rings (SSSR count). The van der Waals surface area contributed by atoms with Crippen LogP contribution in [0.5, 0.6) is 5.75 Å². The van der Waals surface area contributed by atoms with Crippen molar-refractivity contribution in [3.63, 3.8) is 0 Å². The molecule has 1 fully saturated rings. The van der Waals surface area contributed by atoms with Crippen molar-refractivity contribution in [1.82, 2.24) is 4.90 Å². The molecule has 1 saturated heterocycles. The number of amides is 1. The third-order valence-electron chi connectivity index (χ3n) is 3.54. The zero-order valence-electron chi connectivity index (χ0n) is 12.3. The Kier molecular flexibility index (Phi) is 5.08. The van der Waals surface area contributed by atoms with E-state index in [9.17, 15) is 4.79 Å². The molecule has 1 amide bonds. The van der Waals surface area contributed by atoms with Gasteiger partial charge in [0.2, 0.25) is 5.91 Å². The third kappa shape index (κ3) is 3.62. The molecule has 0 radical (unpaired) electrons. The number of rotatable bonds is 5. The van der Waals surface area contributed by atoms with E-state index in [0.29, 0.717) is 17.3 Å². The number of thioether (sulfide) groups is 1. The zero-order chi connectivity index (χ0) is 16.4. The predicted octanol–water partition coefficient (Wildman–Crippen LogP) is 4.02. The van der Waals surface area contributed by atoms with Gasteiger partial charge in [-0.15, -0.1) is 0 Å². The van der Waals surface area contributed by atoms with E-state index in [1.807, 2.05) is 24.3 Å². The van der Waals surface area contributed by atoms with Crippen molar-refractivity contribution >= 4 is 50.1 Å². The maximum absolute atomic E-state index is 12.6. The van der Waals surface area contributed by atoms with Gasteiger partial charge in [-0.1, -0.05) is 30.0 Å². The summed E-state index contributed by atoms with van der Waals surface area (Å²) in [5, 5.41) is -0.197. The van der Waals surface area contributed by atoms with Crippen molar-refractivity contribution in [2.75, 3.05) is 7.11 Å². The Bertz CT molecular complexity index is 733. The molecule has 4 nitrogen and oxygen atoms in total. The van der Waals surface area contributed by atoms with Crippen molar-refractivity contribution in [2.45, 2.75) is 18.2 Å². The van der Waals surface area contributed by atoms with Gasteiger partial charge in [0.05, 0.1) is 29.6 Å². The highest BCUT2D eigenvalue weighted by molar-refractivity contribution is 9.10. The molecular weight excluding hydrogens is 398 g/mol. The molecular formula is C16H14BrNO3S2. The van der Waals surface area contributed by atoms with Crippen molar-refractivity contribution in [1.29, 1.82) is 0 Å². The van der Waals surface area contributed by atoms with Gasteiger partial charge in [0.25, 0.3) is 0 Å². The standard InChI is InChI=1S/C16H14BrNO3S2/c1-20-13-5-4-10(7-12(13)17)8-14-15(19)18(16(22)23-14)9-11-3-2-6-21-11/h2-7,14H,8-9H2,1H3/t14-/m0/s1. The lowest BCUT2D eigenvalue weighted by Crippen LogP contribution is -2.31. The number of methoxy groups -OCH3 is 1. The van der Waals surface area contributed by atoms with Crippen LogP contribution >= 0.6 is 39.9 Å². The Morgan fingerprint density at radius 3 is 2.91 bits per heavy atom. The fraction of sp³-hybridized carbons (Fsp3) is 0.250. The van der Waals surface area contributed by atoms with Crippen LogP contribution in [0, 0.1) is 0 Å². The van der Waals surface area contributed by atoms with E-state index < -0.39 is 0 Å². The molecule has 23 heavy (non-hydrogen) atoms. The lowest BCUT2D eigenvalue weighted by atomic mass is 10.1. The molecule has 0 N–H and O–H groups in total. The lowest BCUT2D eigenvalue weighted by molar-refractivity contribution is -0.126. The highest BCUT2D eigenvalue weighted by atomic mass is 79.9. The van der Waals surface area contributed by atoms with Gasteiger partial charge >= 0.3 is 0 Å². The summed E-state index contributed by atoms with van der Waals surface area (Å²) in [5.41, 5.74) is 1.06. The molecule has 2 heterocycles. The molecule has 7 heteroatoms. The van der Waals surface area contributed by atoms with Crippen LogP contribution in [0.4, 0.5) is 0 Å². The van der Waals surface area contributed by atoms with Crippen LogP contribution in [-0.4, -0.2) is 27.5 Å². The molecule has 1 aromatic carbocycles. The van der Waals surface area contributed by atoms with E-state index in [2.05, 4.69) is 15.9 Å². The van der Waals surface area contributed by atoms with Gasteiger partial charge in [0, 0.05) is 0 Å². The Hall–Kier alpha value is -1.31. The van der Waals surface area contributed by atoms with Crippen molar-refractivity contribution < 1.29 is 13.9 Å². The van der Waals surface area contributed by atoms with E-state index in [1.54, 1.807) is 24.3 Å². The average Bonchev–Trinajstić information content (AvgIpc) is 3.12. The number of carbonyl (C=O) groups is 1. The van der Waals surface area contributed by atoms with Gasteiger partial charge in [0.15, 0.2) is 0 Å². The van der Waals surface area contributed by atoms with Crippen molar-refractivity contribution in [3.8, 4) is 5.75 Å². The summed E-state index contributed by atoms with van der Waals surface area (Å²) in [6.45, 7) is 0.389. The van der Waals surface area contributed by atoms with Gasteiger partial charge in [-0.2, -0.15) is 0 Å². The molecule has 0 unspecified atom stereocenters. The first-order chi connectivity index (χ1) is 11.1. The van der Waals surface area contributed by atoms with Crippen molar-refractivity contribution in [2.24, 2.45) is 0 Å². The molecule has 0 bridgehead atoms. The molecule has 0 spiro atoms. The van der Waals surface area contributed by atoms with Gasteiger partial charge in [-0.05, 0) is 52.2 Å². The number of nitrogens with zero attached hydrogens (tertiary/aromatic N) is 1. The first kappa shape index (κ1) is 16.5. The molecule has 2 aromatic rings. The SMILES string of the molecule is COc1ccc(C[C@@H]2SC(=S)N(Cc3ccco3)C2=O)cc1Br. The second-order valence-corrected chi connectivity index (χ2v) is 7.74. The number of ether oxygens (including phenoxy) is 1. The topological polar surface area (TPSA) is 42.7 Å². The minimum atomic E-state index is -0.197. The molecule has 1 aromatic heterocycles. The van der Waals surface area contributed by atoms with Crippen LogP contribution in [0.3, 0.4) is 0 Å². The van der Waals surface area contributed by atoms with Gasteiger partial charge in [-0.25, -0.2) is 0 Å². The summed E-state index contributed by atoms with van der Waals surface area (Å²) in [7, 11) is 1.63. The minimum absolute atomic E-state index is 0.0309. The van der Waals surface area contributed by atoms with E-state index in [-0.39, 0.29) is 11.2 Å². The number of carbonyl (C=O) groups excluding carboxylic acids is 1. The minimum Gasteiger partial charge on any atom is -0.496 e. The van der Waals surface area contributed by atoms with E-state index in [4.69, 9.17) is 21.4 Å². The number of hydrogen-bond donors (Lipinski definition) is 0. The summed E-state index contributed by atoms with van der Waals surface area (Å²) in [5.74, 6) is 1.53. The maximum Gasteiger partial charge on any atom is 0.242 e. The molecule has 1 atom stereocenters. The summed E-state index contributed by atoms with van der Waals surface area (Å²) >= 11 is 10.3. The molecule has 0 saturated carbocycles. The smallest absolute Gasteiger partial charge is 0.242 e. The second-order valence-electron chi connectivity index (χ2n) is 5.05.